The van der Waals surface area contributed by atoms with Crippen LogP contribution < -0.4 is 5.32 Å². The summed E-state index contributed by atoms with van der Waals surface area (Å²) in [6.45, 7) is 8.02. The molecule has 106 valence electrons. The summed E-state index contributed by atoms with van der Waals surface area (Å²) in [5.41, 5.74) is 0. The number of carbonyl (C=O) groups is 2. The Balaban J connectivity index is 3.88. The molecule has 5 heteroatoms. The van der Waals surface area contributed by atoms with E-state index in [2.05, 4.69) is 19.2 Å². The summed E-state index contributed by atoms with van der Waals surface area (Å²) < 4.78 is 4.84. The topological polar surface area (TPSA) is 58.6 Å². The normalized spacial score (nSPS) is 10.5. The van der Waals surface area contributed by atoms with Crippen LogP contribution in [0.15, 0.2) is 0 Å². The van der Waals surface area contributed by atoms with Crippen LogP contribution in [0.25, 0.3) is 0 Å². The molecule has 0 rings (SSSR count). The van der Waals surface area contributed by atoms with Gasteiger partial charge >= 0.3 is 0 Å². The van der Waals surface area contributed by atoms with Gasteiger partial charge in [-0.2, -0.15) is 0 Å². The molecule has 0 aliphatic rings. The minimum Gasteiger partial charge on any atom is -0.383 e. The molecule has 0 aromatic carbocycles. The van der Waals surface area contributed by atoms with E-state index in [-0.39, 0.29) is 11.8 Å². The third-order valence-corrected chi connectivity index (χ3v) is 2.66. The molecule has 18 heavy (non-hydrogen) atoms. The van der Waals surface area contributed by atoms with Crippen molar-refractivity contribution >= 4 is 11.8 Å². The Morgan fingerprint density at radius 1 is 1.28 bits per heavy atom. The van der Waals surface area contributed by atoms with E-state index in [4.69, 9.17) is 4.74 Å². The Kier molecular flexibility index (Phi) is 9.28. The lowest BCUT2D eigenvalue weighted by Gasteiger charge is -2.21. The van der Waals surface area contributed by atoms with E-state index in [1.54, 1.807) is 18.9 Å². The van der Waals surface area contributed by atoms with Gasteiger partial charge in [0.25, 0.3) is 0 Å². The first-order valence-electron chi connectivity index (χ1n) is 6.48. The molecule has 0 atom stereocenters. The number of hydrogen-bond donors (Lipinski definition) is 1. The van der Waals surface area contributed by atoms with Gasteiger partial charge in [0.1, 0.15) is 0 Å². The van der Waals surface area contributed by atoms with Crippen molar-refractivity contribution in [1.82, 2.24) is 10.2 Å². The Labute approximate surface area is 110 Å². The lowest BCUT2D eigenvalue weighted by Crippen LogP contribution is -2.35. The van der Waals surface area contributed by atoms with Crippen LogP contribution in [-0.2, 0) is 14.3 Å². The average Bonchev–Trinajstić information content (AvgIpc) is 2.28. The second kappa shape index (κ2) is 9.88. The first kappa shape index (κ1) is 16.9. The quantitative estimate of drug-likeness (QED) is 0.629. The van der Waals surface area contributed by atoms with Crippen LogP contribution in [0.5, 0.6) is 0 Å². The van der Waals surface area contributed by atoms with Gasteiger partial charge in [0.05, 0.1) is 6.61 Å². The van der Waals surface area contributed by atoms with Gasteiger partial charge in [-0.3, -0.25) is 9.59 Å². The summed E-state index contributed by atoms with van der Waals surface area (Å²) >= 11 is 0. The number of nitrogens with one attached hydrogen (secondary N) is 1. The molecule has 2 amide bonds. The van der Waals surface area contributed by atoms with Gasteiger partial charge in [0, 0.05) is 40.1 Å². The summed E-state index contributed by atoms with van der Waals surface area (Å²) in [5, 5.41) is 2.74. The van der Waals surface area contributed by atoms with Gasteiger partial charge in [-0.05, 0) is 12.3 Å². The maximum absolute atomic E-state index is 11.5. The first-order valence-corrected chi connectivity index (χ1v) is 6.48. The molecule has 0 aliphatic carbocycles. The second-order valence-corrected chi connectivity index (χ2v) is 4.78. The van der Waals surface area contributed by atoms with Gasteiger partial charge in [-0.1, -0.05) is 13.8 Å². The van der Waals surface area contributed by atoms with Crippen molar-refractivity contribution in [2.75, 3.05) is 33.4 Å². The van der Waals surface area contributed by atoms with Crippen molar-refractivity contribution < 1.29 is 14.3 Å². The molecular weight excluding hydrogens is 232 g/mol. The summed E-state index contributed by atoms with van der Waals surface area (Å²) in [7, 11) is 1.59. The highest BCUT2D eigenvalue weighted by atomic mass is 16.5. The molecular formula is C13H26N2O3. The van der Waals surface area contributed by atoms with Gasteiger partial charge in [0.2, 0.25) is 11.8 Å². The van der Waals surface area contributed by atoms with Crippen molar-refractivity contribution in [3.8, 4) is 0 Å². The molecule has 0 bridgehead atoms. The number of hydrogen-bond acceptors (Lipinski definition) is 3. The summed E-state index contributed by atoms with van der Waals surface area (Å²) in [6.07, 6.45) is 1.31. The third-order valence-electron chi connectivity index (χ3n) is 2.66. The summed E-state index contributed by atoms with van der Waals surface area (Å²) in [5.74, 6) is 0.547. The molecule has 0 saturated heterocycles. The van der Waals surface area contributed by atoms with Crippen molar-refractivity contribution in [3.63, 3.8) is 0 Å². The second-order valence-electron chi connectivity index (χ2n) is 4.78. The van der Waals surface area contributed by atoms with Crippen LogP contribution in [0, 0.1) is 5.92 Å². The predicted molar refractivity (Wildman–Crippen MR) is 71.2 cm³/mol. The average molecular weight is 258 g/mol. The highest BCUT2D eigenvalue weighted by Gasteiger charge is 2.11. The molecule has 0 saturated carbocycles. The first-order chi connectivity index (χ1) is 8.47. The zero-order chi connectivity index (χ0) is 14.0. The molecule has 0 heterocycles. The minimum absolute atomic E-state index is 0.0281. The Hall–Kier alpha value is -1.10. The maximum Gasteiger partial charge on any atom is 0.221 e. The Morgan fingerprint density at radius 2 is 1.94 bits per heavy atom. The van der Waals surface area contributed by atoms with Crippen molar-refractivity contribution in [1.29, 1.82) is 0 Å². The van der Waals surface area contributed by atoms with Gasteiger partial charge in [-0.25, -0.2) is 0 Å². The summed E-state index contributed by atoms with van der Waals surface area (Å²) in [6, 6.07) is 0. The molecule has 5 nitrogen and oxygen atoms in total. The SMILES string of the molecule is COCCNC(=O)CCN(CCC(C)C)C(C)=O. The number of carbonyl (C=O) groups excluding carboxylic acids is 2. The van der Waals surface area contributed by atoms with Crippen LogP contribution >= 0.6 is 0 Å². The van der Waals surface area contributed by atoms with Crippen LogP contribution in [0.1, 0.15) is 33.6 Å². The number of nitrogens with zero attached hydrogens (tertiary/aromatic N) is 1. The molecule has 0 spiro atoms. The van der Waals surface area contributed by atoms with E-state index >= 15 is 0 Å². The molecule has 1 N–H and O–H groups in total. The number of methoxy groups -OCH3 is 1. The standard InChI is InChI=1S/C13H26N2O3/c1-11(2)5-8-15(12(3)16)9-6-13(17)14-7-10-18-4/h11H,5-10H2,1-4H3,(H,14,17). The number of rotatable bonds is 9. The highest BCUT2D eigenvalue weighted by molar-refractivity contribution is 5.77. The van der Waals surface area contributed by atoms with Crippen LogP contribution in [0.3, 0.4) is 0 Å². The molecule has 0 radical (unpaired) electrons. The highest BCUT2D eigenvalue weighted by Crippen LogP contribution is 2.03. The molecule has 0 aromatic heterocycles. The van der Waals surface area contributed by atoms with Crippen LogP contribution in [0.4, 0.5) is 0 Å². The van der Waals surface area contributed by atoms with Crippen molar-refractivity contribution in [3.05, 3.63) is 0 Å². The van der Waals surface area contributed by atoms with E-state index in [9.17, 15) is 9.59 Å². The molecule has 0 aromatic rings. The fourth-order valence-electron chi connectivity index (χ4n) is 1.46. The van der Waals surface area contributed by atoms with Gasteiger partial charge < -0.3 is 15.0 Å². The van der Waals surface area contributed by atoms with Crippen molar-refractivity contribution in [2.45, 2.75) is 33.6 Å². The molecule has 0 fully saturated rings. The van der Waals surface area contributed by atoms with Gasteiger partial charge in [-0.15, -0.1) is 0 Å². The molecule has 0 unspecified atom stereocenters. The van der Waals surface area contributed by atoms with E-state index in [1.165, 1.54) is 0 Å². The van der Waals surface area contributed by atoms with Gasteiger partial charge in [0.15, 0.2) is 0 Å². The predicted octanol–water partition coefficient (Wildman–Crippen LogP) is 1.03. The van der Waals surface area contributed by atoms with E-state index in [0.29, 0.717) is 32.0 Å². The zero-order valence-corrected chi connectivity index (χ0v) is 12.0. The molecule has 0 aliphatic heterocycles. The zero-order valence-electron chi connectivity index (χ0n) is 12.0. The van der Waals surface area contributed by atoms with E-state index in [0.717, 1.165) is 13.0 Å². The third kappa shape index (κ3) is 8.98. The van der Waals surface area contributed by atoms with E-state index in [1.807, 2.05) is 0 Å². The largest absolute Gasteiger partial charge is 0.383 e. The lowest BCUT2D eigenvalue weighted by atomic mass is 10.1. The van der Waals surface area contributed by atoms with E-state index < -0.39 is 0 Å². The van der Waals surface area contributed by atoms with Crippen molar-refractivity contribution in [2.24, 2.45) is 5.92 Å². The maximum atomic E-state index is 11.5. The number of amides is 2. The van der Waals surface area contributed by atoms with Crippen LogP contribution in [0.2, 0.25) is 0 Å². The monoisotopic (exact) mass is 258 g/mol. The smallest absolute Gasteiger partial charge is 0.221 e. The Morgan fingerprint density at radius 3 is 2.44 bits per heavy atom. The number of ether oxygens (including phenoxy) is 1. The fraction of sp³-hybridized carbons (Fsp3) is 0.846. The minimum atomic E-state index is -0.0390. The fourth-order valence-corrected chi connectivity index (χ4v) is 1.46. The van der Waals surface area contributed by atoms with Crippen LogP contribution in [-0.4, -0.2) is 50.1 Å². The Bertz CT molecular complexity index is 255. The lowest BCUT2D eigenvalue weighted by molar-refractivity contribution is -0.129. The summed E-state index contributed by atoms with van der Waals surface area (Å²) in [4.78, 5) is 24.6.